The monoisotopic (exact) mass is 255 g/mol. The molecule has 0 amide bonds. The summed E-state index contributed by atoms with van der Waals surface area (Å²) in [6.45, 7) is 9.89. The standard InChI is InChI=1S/C13H25N3S/c1-11(2)5-6-14-7-12(3)16(4)8-13-9-17-10-15-13/h9-12,14H,5-8H2,1-4H3. The molecule has 0 saturated heterocycles. The molecule has 0 aliphatic heterocycles. The van der Waals surface area contributed by atoms with Gasteiger partial charge in [-0.25, -0.2) is 4.98 Å². The van der Waals surface area contributed by atoms with E-state index >= 15 is 0 Å². The van der Waals surface area contributed by atoms with Gasteiger partial charge in [0.25, 0.3) is 0 Å². The Morgan fingerprint density at radius 1 is 1.41 bits per heavy atom. The van der Waals surface area contributed by atoms with Crippen LogP contribution in [0.1, 0.15) is 32.9 Å². The number of likely N-dealkylation sites (N-methyl/N-ethyl adjacent to an activating group) is 1. The van der Waals surface area contributed by atoms with Crippen LogP contribution in [-0.2, 0) is 6.54 Å². The van der Waals surface area contributed by atoms with Crippen molar-refractivity contribution in [2.75, 3.05) is 20.1 Å². The molecule has 0 aliphatic rings. The molecule has 0 spiro atoms. The number of thiazole rings is 1. The van der Waals surface area contributed by atoms with Crippen molar-refractivity contribution in [3.8, 4) is 0 Å². The van der Waals surface area contributed by atoms with Crippen molar-refractivity contribution in [3.05, 3.63) is 16.6 Å². The number of nitrogens with one attached hydrogen (secondary N) is 1. The molecule has 1 N–H and O–H groups in total. The van der Waals surface area contributed by atoms with E-state index in [1.54, 1.807) is 11.3 Å². The number of hydrogen-bond acceptors (Lipinski definition) is 4. The molecule has 1 atom stereocenters. The van der Waals surface area contributed by atoms with Crippen LogP contribution in [0.4, 0.5) is 0 Å². The molecule has 1 heterocycles. The van der Waals surface area contributed by atoms with E-state index in [1.807, 2.05) is 5.51 Å². The van der Waals surface area contributed by atoms with Gasteiger partial charge in [0.15, 0.2) is 0 Å². The lowest BCUT2D eigenvalue weighted by atomic mass is 10.1. The Bertz CT molecular complexity index is 285. The molecule has 1 unspecified atom stereocenters. The molecule has 0 aliphatic carbocycles. The maximum atomic E-state index is 4.31. The Morgan fingerprint density at radius 2 is 2.18 bits per heavy atom. The first kappa shape index (κ1) is 14.6. The first-order chi connectivity index (χ1) is 8.09. The minimum Gasteiger partial charge on any atom is -0.315 e. The zero-order valence-corrected chi connectivity index (χ0v) is 12.3. The lowest BCUT2D eigenvalue weighted by Gasteiger charge is -2.24. The van der Waals surface area contributed by atoms with E-state index in [2.05, 4.69) is 48.4 Å². The van der Waals surface area contributed by atoms with Crippen molar-refractivity contribution >= 4 is 11.3 Å². The van der Waals surface area contributed by atoms with E-state index in [1.165, 1.54) is 12.1 Å². The van der Waals surface area contributed by atoms with Gasteiger partial charge in [-0.15, -0.1) is 11.3 Å². The molecule has 17 heavy (non-hydrogen) atoms. The van der Waals surface area contributed by atoms with Crippen LogP contribution in [-0.4, -0.2) is 36.1 Å². The summed E-state index contributed by atoms with van der Waals surface area (Å²) in [5.41, 5.74) is 3.07. The van der Waals surface area contributed by atoms with Crippen LogP contribution >= 0.6 is 11.3 Å². The van der Waals surface area contributed by atoms with E-state index in [-0.39, 0.29) is 0 Å². The molecule has 1 aromatic rings. The smallest absolute Gasteiger partial charge is 0.0795 e. The van der Waals surface area contributed by atoms with Gasteiger partial charge >= 0.3 is 0 Å². The predicted octanol–water partition coefficient (Wildman–Crippen LogP) is 2.60. The summed E-state index contributed by atoms with van der Waals surface area (Å²) >= 11 is 1.66. The average Bonchev–Trinajstić information content (AvgIpc) is 2.76. The van der Waals surface area contributed by atoms with Crippen LogP contribution in [0.25, 0.3) is 0 Å². The molecule has 0 aromatic carbocycles. The zero-order chi connectivity index (χ0) is 12.7. The summed E-state index contributed by atoms with van der Waals surface area (Å²) in [5.74, 6) is 0.783. The molecule has 0 fully saturated rings. The third kappa shape index (κ3) is 6.15. The van der Waals surface area contributed by atoms with Crippen LogP contribution in [0.2, 0.25) is 0 Å². The maximum absolute atomic E-state index is 4.31. The van der Waals surface area contributed by atoms with E-state index in [4.69, 9.17) is 0 Å². The predicted molar refractivity (Wildman–Crippen MR) is 75.4 cm³/mol. The number of aromatic nitrogens is 1. The molecule has 4 heteroatoms. The van der Waals surface area contributed by atoms with Gasteiger partial charge in [0.1, 0.15) is 0 Å². The topological polar surface area (TPSA) is 28.2 Å². The summed E-state index contributed by atoms with van der Waals surface area (Å²) in [6, 6.07) is 0.545. The highest BCUT2D eigenvalue weighted by Crippen LogP contribution is 2.06. The van der Waals surface area contributed by atoms with Crippen molar-refractivity contribution in [1.82, 2.24) is 15.2 Å². The number of rotatable bonds is 8. The van der Waals surface area contributed by atoms with Gasteiger partial charge in [-0.05, 0) is 32.9 Å². The highest BCUT2D eigenvalue weighted by Gasteiger charge is 2.09. The Labute approximate surface area is 109 Å². The minimum atomic E-state index is 0.545. The van der Waals surface area contributed by atoms with Gasteiger partial charge in [0.2, 0.25) is 0 Å². The number of hydrogen-bond donors (Lipinski definition) is 1. The minimum absolute atomic E-state index is 0.545. The van der Waals surface area contributed by atoms with Crippen molar-refractivity contribution in [3.63, 3.8) is 0 Å². The highest BCUT2D eigenvalue weighted by atomic mass is 32.1. The summed E-state index contributed by atoms with van der Waals surface area (Å²) in [6.07, 6.45) is 1.25. The Hall–Kier alpha value is -0.450. The van der Waals surface area contributed by atoms with Gasteiger partial charge in [0.05, 0.1) is 11.2 Å². The second-order valence-electron chi connectivity index (χ2n) is 5.13. The van der Waals surface area contributed by atoms with E-state index in [0.717, 1.165) is 25.6 Å². The first-order valence-electron chi connectivity index (χ1n) is 6.37. The molecule has 1 rings (SSSR count). The fourth-order valence-corrected chi connectivity index (χ4v) is 2.13. The summed E-state index contributed by atoms with van der Waals surface area (Å²) < 4.78 is 0. The second kappa shape index (κ2) is 7.80. The van der Waals surface area contributed by atoms with Gasteiger partial charge in [-0.1, -0.05) is 13.8 Å². The Kier molecular flexibility index (Phi) is 6.70. The summed E-state index contributed by atoms with van der Waals surface area (Å²) in [7, 11) is 2.16. The fourth-order valence-electron chi connectivity index (χ4n) is 1.58. The quantitative estimate of drug-likeness (QED) is 0.724. The SMILES string of the molecule is CC(C)CCNCC(C)N(C)Cc1cscn1. The van der Waals surface area contributed by atoms with Gasteiger partial charge in [-0.3, -0.25) is 4.90 Å². The second-order valence-corrected chi connectivity index (χ2v) is 5.85. The van der Waals surface area contributed by atoms with Crippen molar-refractivity contribution in [2.45, 2.75) is 39.8 Å². The Balaban J connectivity index is 2.16. The molecule has 0 radical (unpaired) electrons. The third-order valence-electron chi connectivity index (χ3n) is 2.99. The van der Waals surface area contributed by atoms with Gasteiger partial charge < -0.3 is 5.32 Å². The van der Waals surface area contributed by atoms with Crippen molar-refractivity contribution < 1.29 is 0 Å². The fraction of sp³-hybridized carbons (Fsp3) is 0.769. The van der Waals surface area contributed by atoms with Crippen molar-refractivity contribution in [1.29, 1.82) is 0 Å². The molecular formula is C13H25N3S. The summed E-state index contributed by atoms with van der Waals surface area (Å²) in [4.78, 5) is 6.66. The first-order valence-corrected chi connectivity index (χ1v) is 7.32. The zero-order valence-electron chi connectivity index (χ0n) is 11.4. The highest BCUT2D eigenvalue weighted by molar-refractivity contribution is 7.07. The van der Waals surface area contributed by atoms with Gasteiger partial charge in [0, 0.05) is 24.5 Å². The summed E-state index contributed by atoms with van der Waals surface area (Å²) in [5, 5.41) is 5.64. The number of nitrogens with zero attached hydrogens (tertiary/aromatic N) is 2. The van der Waals surface area contributed by atoms with Crippen LogP contribution in [0, 0.1) is 5.92 Å². The van der Waals surface area contributed by atoms with E-state index in [9.17, 15) is 0 Å². The average molecular weight is 255 g/mol. The normalized spacial score (nSPS) is 13.5. The maximum Gasteiger partial charge on any atom is 0.0795 e. The molecule has 0 bridgehead atoms. The molecular weight excluding hydrogens is 230 g/mol. The van der Waals surface area contributed by atoms with Crippen molar-refractivity contribution in [2.24, 2.45) is 5.92 Å². The lowest BCUT2D eigenvalue weighted by molar-refractivity contribution is 0.240. The molecule has 3 nitrogen and oxygen atoms in total. The largest absolute Gasteiger partial charge is 0.315 e. The molecule has 1 aromatic heterocycles. The van der Waals surface area contributed by atoms with Crippen LogP contribution in [0.5, 0.6) is 0 Å². The van der Waals surface area contributed by atoms with E-state index in [0.29, 0.717) is 6.04 Å². The van der Waals surface area contributed by atoms with Crippen LogP contribution in [0.15, 0.2) is 10.9 Å². The third-order valence-corrected chi connectivity index (χ3v) is 3.62. The Morgan fingerprint density at radius 3 is 2.76 bits per heavy atom. The molecule has 0 saturated carbocycles. The molecule has 98 valence electrons. The lowest BCUT2D eigenvalue weighted by Crippen LogP contribution is -2.38. The van der Waals surface area contributed by atoms with Gasteiger partial charge in [-0.2, -0.15) is 0 Å². The van der Waals surface area contributed by atoms with Crippen LogP contribution < -0.4 is 5.32 Å². The van der Waals surface area contributed by atoms with E-state index < -0.39 is 0 Å². The van der Waals surface area contributed by atoms with Crippen LogP contribution in [0.3, 0.4) is 0 Å².